The molecule has 3 aromatic rings. The van der Waals surface area contributed by atoms with E-state index in [0.717, 1.165) is 10.9 Å². The molecule has 0 N–H and O–H groups in total. The van der Waals surface area contributed by atoms with E-state index in [1.165, 1.54) is 17.9 Å². The number of benzene rings is 2. The number of hydrogen-bond donors (Lipinski definition) is 0. The van der Waals surface area contributed by atoms with Crippen molar-refractivity contribution in [1.29, 1.82) is 0 Å². The lowest BCUT2D eigenvalue weighted by atomic mass is 10.0. The summed E-state index contributed by atoms with van der Waals surface area (Å²) in [6, 6.07) is 12.5. The molecule has 0 bridgehead atoms. The van der Waals surface area contributed by atoms with Crippen molar-refractivity contribution in [1.82, 2.24) is 9.55 Å². The Morgan fingerprint density at radius 1 is 1.23 bits per heavy atom. The molecule has 0 aliphatic heterocycles. The molecule has 3 rings (SSSR count). The van der Waals surface area contributed by atoms with Gasteiger partial charge in [0.15, 0.2) is 0 Å². The van der Waals surface area contributed by atoms with Gasteiger partial charge in [-0.05, 0) is 29.3 Å². The zero-order chi connectivity index (χ0) is 15.5. The number of imidazole rings is 1. The summed E-state index contributed by atoms with van der Waals surface area (Å²) in [7, 11) is 0. The molecule has 1 heterocycles. The summed E-state index contributed by atoms with van der Waals surface area (Å²) in [4.78, 5) is 15.4. The number of esters is 1. The maximum atomic E-state index is 11.4. The Labute approximate surface area is 129 Å². The van der Waals surface area contributed by atoms with Crippen LogP contribution < -0.4 is 0 Å². The Morgan fingerprint density at radius 2 is 2.00 bits per heavy atom. The normalized spacial score (nSPS) is 12.3. The van der Waals surface area contributed by atoms with Crippen LogP contribution in [0.1, 0.15) is 24.2 Å². The molecule has 112 valence electrons. The van der Waals surface area contributed by atoms with E-state index in [0.29, 0.717) is 6.54 Å². The van der Waals surface area contributed by atoms with Gasteiger partial charge in [0, 0.05) is 19.3 Å². The fourth-order valence-electron chi connectivity index (χ4n) is 2.58. The Hall–Kier alpha value is -2.62. The van der Waals surface area contributed by atoms with Crippen LogP contribution in [0.5, 0.6) is 0 Å². The Balaban J connectivity index is 1.95. The third kappa shape index (κ3) is 3.17. The molecule has 4 nitrogen and oxygen atoms in total. The number of carbonyl (C=O) groups is 1. The minimum absolute atomic E-state index is 0.283. The predicted molar refractivity (Wildman–Crippen MR) is 85.4 cm³/mol. The second kappa shape index (κ2) is 6.02. The number of nitrogens with zero attached hydrogens (tertiary/aromatic N) is 2. The molecule has 1 aromatic heterocycles. The zero-order valence-electron chi connectivity index (χ0n) is 12.7. The quantitative estimate of drug-likeness (QED) is 0.690. The molecule has 1 unspecified atom stereocenters. The van der Waals surface area contributed by atoms with E-state index in [2.05, 4.69) is 42.2 Å². The van der Waals surface area contributed by atoms with Crippen LogP contribution in [0.3, 0.4) is 0 Å². The average molecular weight is 294 g/mol. The maximum Gasteiger partial charge on any atom is 0.303 e. The number of hydrogen-bond acceptors (Lipinski definition) is 3. The molecule has 0 aliphatic carbocycles. The highest BCUT2D eigenvalue weighted by molar-refractivity contribution is 5.84. The summed E-state index contributed by atoms with van der Waals surface area (Å²) in [5.41, 5.74) is 2.22. The van der Waals surface area contributed by atoms with E-state index >= 15 is 0 Å². The fraction of sp³-hybridized carbons (Fsp3) is 0.222. The lowest BCUT2D eigenvalue weighted by Crippen LogP contribution is -2.14. The van der Waals surface area contributed by atoms with Gasteiger partial charge in [0.25, 0.3) is 0 Å². The van der Waals surface area contributed by atoms with E-state index in [4.69, 9.17) is 4.74 Å². The fourth-order valence-corrected chi connectivity index (χ4v) is 2.58. The van der Waals surface area contributed by atoms with Crippen LogP contribution in [0.15, 0.2) is 55.1 Å². The van der Waals surface area contributed by atoms with Gasteiger partial charge >= 0.3 is 5.97 Å². The van der Waals surface area contributed by atoms with Crippen molar-refractivity contribution < 1.29 is 9.53 Å². The first-order valence-corrected chi connectivity index (χ1v) is 7.25. The van der Waals surface area contributed by atoms with Crippen LogP contribution in [0, 0.1) is 6.92 Å². The lowest BCUT2D eigenvalue weighted by molar-refractivity contribution is -0.147. The van der Waals surface area contributed by atoms with Crippen molar-refractivity contribution in [3.63, 3.8) is 0 Å². The van der Waals surface area contributed by atoms with Gasteiger partial charge in [-0.25, -0.2) is 4.98 Å². The molecule has 0 saturated carbocycles. The van der Waals surface area contributed by atoms with Gasteiger partial charge in [0.2, 0.25) is 0 Å². The molecule has 4 heteroatoms. The van der Waals surface area contributed by atoms with Gasteiger partial charge < -0.3 is 9.30 Å². The van der Waals surface area contributed by atoms with Crippen LogP contribution in [-0.4, -0.2) is 15.5 Å². The van der Waals surface area contributed by atoms with Crippen molar-refractivity contribution in [2.75, 3.05) is 0 Å². The van der Waals surface area contributed by atoms with Crippen LogP contribution >= 0.6 is 0 Å². The molecule has 0 aliphatic rings. The standard InChI is InChI=1S/C18H18N2O2/c1-13-3-4-16-10-17(6-5-15(16)9-13)18(22-14(2)21)11-20-8-7-19-12-20/h3-10,12,18H,11H2,1-2H3. The van der Waals surface area contributed by atoms with Gasteiger partial charge in [0.1, 0.15) is 6.10 Å². The highest BCUT2D eigenvalue weighted by atomic mass is 16.5. The highest BCUT2D eigenvalue weighted by Gasteiger charge is 2.16. The summed E-state index contributed by atoms with van der Waals surface area (Å²) in [5.74, 6) is -0.283. The highest BCUT2D eigenvalue weighted by Crippen LogP contribution is 2.25. The summed E-state index contributed by atoms with van der Waals surface area (Å²) >= 11 is 0. The van der Waals surface area contributed by atoms with Crippen molar-refractivity contribution in [2.24, 2.45) is 0 Å². The molecule has 0 radical (unpaired) electrons. The minimum Gasteiger partial charge on any atom is -0.456 e. The molecule has 0 spiro atoms. The first kappa shape index (κ1) is 14.3. The Morgan fingerprint density at radius 3 is 2.73 bits per heavy atom. The van der Waals surface area contributed by atoms with Crippen LogP contribution in [0.2, 0.25) is 0 Å². The van der Waals surface area contributed by atoms with Gasteiger partial charge in [-0.2, -0.15) is 0 Å². The third-order valence-corrected chi connectivity index (χ3v) is 3.64. The van der Waals surface area contributed by atoms with Crippen LogP contribution in [0.4, 0.5) is 0 Å². The Kier molecular flexibility index (Phi) is 3.92. The number of aryl methyl sites for hydroxylation is 1. The number of fused-ring (bicyclic) bond motifs is 1. The van der Waals surface area contributed by atoms with E-state index in [-0.39, 0.29) is 12.1 Å². The van der Waals surface area contributed by atoms with Crippen LogP contribution in [0.25, 0.3) is 10.8 Å². The summed E-state index contributed by atoms with van der Waals surface area (Å²) in [6.45, 7) is 4.07. The Bertz CT molecular complexity index is 794. The predicted octanol–water partition coefficient (Wildman–Crippen LogP) is 3.65. The summed E-state index contributed by atoms with van der Waals surface area (Å²) < 4.78 is 7.40. The van der Waals surface area contributed by atoms with Gasteiger partial charge in [-0.15, -0.1) is 0 Å². The molecular weight excluding hydrogens is 276 g/mol. The van der Waals surface area contributed by atoms with Crippen molar-refractivity contribution in [3.8, 4) is 0 Å². The van der Waals surface area contributed by atoms with Gasteiger partial charge in [0.05, 0.1) is 12.9 Å². The number of rotatable bonds is 4. The van der Waals surface area contributed by atoms with Gasteiger partial charge in [-0.3, -0.25) is 4.79 Å². The number of ether oxygens (including phenoxy) is 1. The molecule has 0 fully saturated rings. The average Bonchev–Trinajstić information content (AvgIpc) is 2.98. The monoisotopic (exact) mass is 294 g/mol. The largest absolute Gasteiger partial charge is 0.456 e. The molecule has 1 atom stereocenters. The number of aromatic nitrogens is 2. The van der Waals surface area contributed by atoms with Crippen molar-refractivity contribution in [3.05, 3.63) is 66.2 Å². The molecule has 0 saturated heterocycles. The van der Waals surface area contributed by atoms with Gasteiger partial charge in [-0.1, -0.05) is 35.9 Å². The molecule has 0 amide bonds. The second-order valence-electron chi connectivity index (χ2n) is 5.47. The van der Waals surface area contributed by atoms with Crippen molar-refractivity contribution >= 4 is 16.7 Å². The lowest BCUT2D eigenvalue weighted by Gasteiger charge is -2.18. The SMILES string of the molecule is CC(=O)OC(Cn1ccnc1)c1ccc2cc(C)ccc2c1. The molecular formula is C18H18N2O2. The number of carbonyl (C=O) groups excluding carboxylic acids is 1. The third-order valence-electron chi connectivity index (χ3n) is 3.64. The maximum absolute atomic E-state index is 11.4. The second-order valence-corrected chi connectivity index (χ2v) is 5.47. The van der Waals surface area contributed by atoms with Crippen LogP contribution in [-0.2, 0) is 16.1 Å². The molecule has 2 aromatic carbocycles. The van der Waals surface area contributed by atoms with E-state index < -0.39 is 0 Å². The van der Waals surface area contributed by atoms with E-state index in [1.54, 1.807) is 12.5 Å². The molecule has 22 heavy (non-hydrogen) atoms. The van der Waals surface area contributed by atoms with E-state index in [1.807, 2.05) is 16.8 Å². The first-order valence-electron chi connectivity index (χ1n) is 7.25. The smallest absolute Gasteiger partial charge is 0.303 e. The summed E-state index contributed by atoms with van der Waals surface area (Å²) in [5, 5.41) is 2.33. The topological polar surface area (TPSA) is 44.1 Å². The first-order chi connectivity index (χ1) is 10.6. The van der Waals surface area contributed by atoms with Crippen molar-refractivity contribution in [2.45, 2.75) is 26.5 Å². The minimum atomic E-state index is -0.322. The summed E-state index contributed by atoms with van der Waals surface area (Å²) in [6.07, 6.45) is 4.98. The zero-order valence-corrected chi connectivity index (χ0v) is 12.7. The van der Waals surface area contributed by atoms with E-state index in [9.17, 15) is 4.79 Å².